The monoisotopic (exact) mass is 253 g/mol. The molecule has 1 rings (SSSR count). The van der Waals surface area contributed by atoms with Gasteiger partial charge >= 0.3 is 0 Å². The van der Waals surface area contributed by atoms with E-state index in [0.29, 0.717) is 5.56 Å². The molecule has 0 heterocycles. The van der Waals surface area contributed by atoms with Crippen molar-refractivity contribution in [2.75, 3.05) is 13.7 Å². The first kappa shape index (κ1) is 13.9. The Hall–Kier alpha value is -2.20. The molecule has 7 heteroatoms. The van der Waals surface area contributed by atoms with Crippen LogP contribution in [-0.2, 0) is 0 Å². The van der Waals surface area contributed by atoms with E-state index in [1.165, 1.54) is 13.0 Å². The van der Waals surface area contributed by atoms with Gasteiger partial charge in [-0.3, -0.25) is 10.1 Å². The molecule has 1 aromatic rings. The van der Waals surface area contributed by atoms with Crippen LogP contribution in [0.15, 0.2) is 12.1 Å². The van der Waals surface area contributed by atoms with Gasteiger partial charge in [-0.1, -0.05) is 0 Å². The highest BCUT2D eigenvalue weighted by Crippen LogP contribution is 2.26. The summed E-state index contributed by atoms with van der Waals surface area (Å²) in [5.41, 5.74) is -0.000310. The molecule has 0 aliphatic carbocycles. The SMILES string of the molecule is CNC(C#N)COc1cc(C)c([N+](=O)[O-])cc1F. The molecular formula is C11H12FN3O3. The molecule has 18 heavy (non-hydrogen) atoms. The summed E-state index contributed by atoms with van der Waals surface area (Å²) in [6.45, 7) is 1.45. The smallest absolute Gasteiger partial charge is 0.275 e. The molecular weight excluding hydrogens is 241 g/mol. The number of nitro groups is 1. The summed E-state index contributed by atoms with van der Waals surface area (Å²) >= 11 is 0. The number of nitrogens with one attached hydrogen (secondary N) is 1. The predicted octanol–water partition coefficient (Wildman–Crippen LogP) is 1.53. The average molecular weight is 253 g/mol. The van der Waals surface area contributed by atoms with Crippen LogP contribution in [-0.4, -0.2) is 24.6 Å². The van der Waals surface area contributed by atoms with Crippen LogP contribution in [0.4, 0.5) is 10.1 Å². The summed E-state index contributed by atoms with van der Waals surface area (Å²) < 4.78 is 18.6. The summed E-state index contributed by atoms with van der Waals surface area (Å²) in [5.74, 6) is -0.923. The van der Waals surface area contributed by atoms with Crippen molar-refractivity contribution in [2.45, 2.75) is 13.0 Å². The molecule has 0 aromatic heterocycles. The van der Waals surface area contributed by atoms with Gasteiger partial charge in [0.25, 0.3) is 5.69 Å². The van der Waals surface area contributed by atoms with Crippen molar-refractivity contribution in [3.8, 4) is 11.8 Å². The van der Waals surface area contributed by atoms with Gasteiger partial charge in [0.2, 0.25) is 0 Å². The third-order valence-corrected chi connectivity index (χ3v) is 2.36. The molecule has 0 spiro atoms. The molecule has 96 valence electrons. The van der Waals surface area contributed by atoms with Gasteiger partial charge in [0.15, 0.2) is 11.6 Å². The van der Waals surface area contributed by atoms with Gasteiger partial charge in [0.1, 0.15) is 12.6 Å². The molecule has 0 radical (unpaired) electrons. The summed E-state index contributed by atoms with van der Waals surface area (Å²) in [7, 11) is 1.58. The summed E-state index contributed by atoms with van der Waals surface area (Å²) in [4.78, 5) is 9.93. The van der Waals surface area contributed by atoms with Crippen LogP contribution in [0, 0.1) is 34.2 Å². The molecule has 0 saturated carbocycles. The molecule has 0 amide bonds. The number of aryl methyl sites for hydroxylation is 1. The number of hydrogen-bond acceptors (Lipinski definition) is 5. The first-order valence-corrected chi connectivity index (χ1v) is 5.13. The Kier molecular flexibility index (Phi) is 4.57. The molecule has 0 fully saturated rings. The second-order valence-corrected chi connectivity index (χ2v) is 3.61. The lowest BCUT2D eigenvalue weighted by Crippen LogP contribution is -2.30. The molecule has 1 atom stereocenters. The van der Waals surface area contributed by atoms with E-state index >= 15 is 0 Å². The van der Waals surface area contributed by atoms with Gasteiger partial charge < -0.3 is 10.1 Å². The second-order valence-electron chi connectivity index (χ2n) is 3.61. The number of ether oxygens (including phenoxy) is 1. The summed E-state index contributed by atoms with van der Waals surface area (Å²) in [5, 5.41) is 21.9. The van der Waals surface area contributed by atoms with E-state index in [1.54, 1.807) is 7.05 Å². The maximum absolute atomic E-state index is 13.5. The number of hydrogen-bond donors (Lipinski definition) is 1. The van der Waals surface area contributed by atoms with Gasteiger partial charge in [-0.05, 0) is 20.0 Å². The Morgan fingerprint density at radius 2 is 2.33 bits per heavy atom. The molecule has 6 nitrogen and oxygen atoms in total. The highest BCUT2D eigenvalue weighted by atomic mass is 19.1. The topological polar surface area (TPSA) is 88.2 Å². The quantitative estimate of drug-likeness (QED) is 0.635. The fourth-order valence-corrected chi connectivity index (χ4v) is 1.31. The normalized spacial score (nSPS) is 11.7. The van der Waals surface area contributed by atoms with Crippen LogP contribution in [0.25, 0.3) is 0 Å². The van der Waals surface area contributed by atoms with E-state index in [2.05, 4.69) is 5.32 Å². The third kappa shape index (κ3) is 3.15. The van der Waals surface area contributed by atoms with Gasteiger partial charge in [0, 0.05) is 5.56 Å². The van der Waals surface area contributed by atoms with E-state index in [9.17, 15) is 14.5 Å². The minimum atomic E-state index is -0.819. The number of rotatable bonds is 5. The zero-order valence-corrected chi connectivity index (χ0v) is 9.94. The Morgan fingerprint density at radius 3 is 2.83 bits per heavy atom. The highest BCUT2D eigenvalue weighted by Gasteiger charge is 2.17. The van der Waals surface area contributed by atoms with Crippen molar-refractivity contribution < 1.29 is 14.1 Å². The standard InChI is InChI=1S/C11H12FN3O3/c1-7-3-11(18-6-8(5-13)14-2)9(12)4-10(7)15(16)17/h3-4,8,14H,6H2,1-2H3. The number of likely N-dealkylation sites (N-methyl/N-ethyl adjacent to an activating group) is 1. The lowest BCUT2D eigenvalue weighted by atomic mass is 10.2. The maximum Gasteiger partial charge on any atom is 0.275 e. The lowest BCUT2D eigenvalue weighted by Gasteiger charge is -2.11. The zero-order valence-electron chi connectivity index (χ0n) is 9.94. The third-order valence-electron chi connectivity index (χ3n) is 2.36. The highest BCUT2D eigenvalue weighted by molar-refractivity contribution is 5.45. The fraction of sp³-hybridized carbons (Fsp3) is 0.364. The molecule has 0 saturated heterocycles. The van der Waals surface area contributed by atoms with E-state index in [4.69, 9.17) is 10.00 Å². The van der Waals surface area contributed by atoms with Crippen molar-refractivity contribution in [2.24, 2.45) is 0 Å². The molecule has 0 aliphatic rings. The number of nitriles is 1. The van der Waals surface area contributed by atoms with Crippen molar-refractivity contribution in [1.29, 1.82) is 5.26 Å². The largest absolute Gasteiger partial charge is 0.488 e. The first-order chi connectivity index (χ1) is 8.49. The van der Waals surface area contributed by atoms with Crippen molar-refractivity contribution in [1.82, 2.24) is 5.32 Å². The number of nitrogens with zero attached hydrogens (tertiary/aromatic N) is 2. The van der Waals surface area contributed by atoms with Crippen LogP contribution in [0.2, 0.25) is 0 Å². The van der Waals surface area contributed by atoms with Crippen LogP contribution < -0.4 is 10.1 Å². The van der Waals surface area contributed by atoms with Gasteiger partial charge in [-0.25, -0.2) is 4.39 Å². The number of benzene rings is 1. The van der Waals surface area contributed by atoms with E-state index in [1.807, 2.05) is 6.07 Å². The molecule has 1 aromatic carbocycles. The molecule has 1 unspecified atom stereocenters. The maximum atomic E-state index is 13.5. The van der Waals surface area contributed by atoms with Gasteiger partial charge in [0.05, 0.1) is 17.1 Å². The van der Waals surface area contributed by atoms with Crippen LogP contribution in [0.5, 0.6) is 5.75 Å². The Balaban J connectivity index is 2.89. The van der Waals surface area contributed by atoms with Crippen molar-refractivity contribution in [3.63, 3.8) is 0 Å². The first-order valence-electron chi connectivity index (χ1n) is 5.13. The summed E-state index contributed by atoms with van der Waals surface area (Å²) in [6.07, 6.45) is 0. The van der Waals surface area contributed by atoms with E-state index in [-0.39, 0.29) is 18.0 Å². The fourth-order valence-electron chi connectivity index (χ4n) is 1.31. The minimum absolute atomic E-state index is 0.0405. The average Bonchev–Trinajstić information content (AvgIpc) is 2.33. The van der Waals surface area contributed by atoms with Crippen molar-refractivity contribution in [3.05, 3.63) is 33.6 Å². The zero-order chi connectivity index (χ0) is 13.7. The second kappa shape index (κ2) is 5.93. The Morgan fingerprint density at radius 1 is 1.67 bits per heavy atom. The summed E-state index contributed by atoms with van der Waals surface area (Å²) in [6, 6.07) is 3.41. The molecule has 1 N–H and O–H groups in total. The van der Waals surface area contributed by atoms with E-state index in [0.717, 1.165) is 6.07 Å². The minimum Gasteiger partial charge on any atom is -0.488 e. The Bertz CT molecular complexity index is 499. The Labute approximate surface area is 103 Å². The van der Waals surface area contributed by atoms with Crippen molar-refractivity contribution >= 4 is 5.69 Å². The van der Waals surface area contributed by atoms with Crippen LogP contribution >= 0.6 is 0 Å². The van der Waals surface area contributed by atoms with E-state index < -0.39 is 16.8 Å². The van der Waals surface area contributed by atoms with Crippen LogP contribution in [0.3, 0.4) is 0 Å². The lowest BCUT2D eigenvalue weighted by molar-refractivity contribution is -0.385. The van der Waals surface area contributed by atoms with Gasteiger partial charge in [-0.2, -0.15) is 5.26 Å². The molecule has 0 aliphatic heterocycles. The molecule has 0 bridgehead atoms. The predicted molar refractivity (Wildman–Crippen MR) is 61.7 cm³/mol. The number of halogens is 1. The van der Waals surface area contributed by atoms with Gasteiger partial charge in [-0.15, -0.1) is 0 Å². The number of nitro benzene ring substituents is 1. The van der Waals surface area contributed by atoms with Crippen LogP contribution in [0.1, 0.15) is 5.56 Å².